The van der Waals surface area contributed by atoms with Gasteiger partial charge in [0.2, 0.25) is 0 Å². The maximum atomic E-state index is 5.21. The zero-order valence-corrected chi connectivity index (χ0v) is 13.3. The molecule has 0 bridgehead atoms. The summed E-state index contributed by atoms with van der Waals surface area (Å²) in [6.07, 6.45) is 4.64. The molecule has 0 aromatic carbocycles. The van der Waals surface area contributed by atoms with Gasteiger partial charge in [-0.1, -0.05) is 29.0 Å². The Balaban J connectivity index is 0.000000490. The molecule has 3 heteroatoms. The van der Waals surface area contributed by atoms with Crippen LogP contribution in [0, 0.1) is 6.42 Å². The minimum absolute atomic E-state index is 0. The van der Waals surface area contributed by atoms with Crippen LogP contribution >= 0.6 is 22.6 Å². The van der Waals surface area contributed by atoms with Crippen LogP contribution in [0.1, 0.15) is 12.8 Å². The predicted octanol–water partition coefficient (Wildman–Crippen LogP) is 1.76. The van der Waals surface area contributed by atoms with Gasteiger partial charge in [-0.05, 0) is 4.11 Å². The molecule has 0 aromatic heterocycles. The van der Waals surface area contributed by atoms with Crippen molar-refractivity contribution < 1.29 is 4.74 Å². The number of rotatable bonds is 0. The Morgan fingerprint density at radius 3 is 2.62 bits per heavy atom. The van der Waals surface area contributed by atoms with Crippen molar-refractivity contribution in [1.29, 1.82) is 0 Å². The first-order valence-corrected chi connectivity index (χ1v) is 3.73. The molecule has 0 N–H and O–H groups in total. The minimum Gasteiger partial charge on any atom is -0.400 e. The van der Waals surface area contributed by atoms with Crippen LogP contribution in [-0.2, 0) is 4.74 Å². The van der Waals surface area contributed by atoms with Crippen LogP contribution in [0.15, 0.2) is 0 Å². The van der Waals surface area contributed by atoms with E-state index < -0.39 is 0 Å². The van der Waals surface area contributed by atoms with E-state index in [9.17, 15) is 0 Å². The molecule has 1 unspecified atom stereocenters. The smallest absolute Gasteiger partial charge is 0.0419 e. The van der Waals surface area contributed by atoms with Gasteiger partial charge in [-0.15, -0.1) is 0 Å². The van der Waals surface area contributed by atoms with Gasteiger partial charge < -0.3 is 4.74 Å². The summed E-state index contributed by atoms with van der Waals surface area (Å²) in [7, 11) is 0. The van der Waals surface area contributed by atoms with Crippen molar-refractivity contribution in [3.63, 3.8) is 0 Å². The molecule has 1 nitrogen and oxygen atoms in total. The fraction of sp³-hybridized carbons (Fsp3) is 0.800. The Bertz CT molecular complexity index is 54.4. The molecule has 1 rings (SSSR count). The van der Waals surface area contributed by atoms with Gasteiger partial charge in [0.05, 0.1) is 0 Å². The molecular formula is C5H8IORf-. The topological polar surface area (TPSA) is 9.23 Å². The van der Waals surface area contributed by atoms with Crippen molar-refractivity contribution in [1.82, 2.24) is 0 Å². The summed E-state index contributed by atoms with van der Waals surface area (Å²) < 4.78 is 5.59. The Morgan fingerprint density at radius 1 is 1.62 bits per heavy atom. The van der Waals surface area contributed by atoms with E-state index >= 15 is 0 Å². The molecule has 0 aromatic rings. The van der Waals surface area contributed by atoms with Crippen LogP contribution in [0.5, 0.6) is 0 Å². The Hall–Kier alpha value is -0.310. The van der Waals surface area contributed by atoms with E-state index in [1.54, 1.807) is 0 Å². The zero-order valence-electron chi connectivity index (χ0n) is 4.77. The second-order valence-corrected chi connectivity index (χ2v) is 2.83. The summed E-state index contributed by atoms with van der Waals surface area (Å²) in [6, 6.07) is 0. The summed E-state index contributed by atoms with van der Waals surface area (Å²) >= 11 is 2.28. The maximum absolute atomic E-state index is 5.21. The van der Waals surface area contributed by atoms with E-state index in [0.29, 0.717) is 4.11 Å². The molecule has 1 aliphatic heterocycles. The first-order chi connectivity index (χ1) is 3.39. The molecule has 0 aliphatic carbocycles. The number of ether oxygens (including phenoxy) is 1. The molecule has 0 saturated carbocycles. The average molecular weight is 478 g/mol. The second kappa shape index (κ2) is 3.66. The summed E-state index contributed by atoms with van der Waals surface area (Å²) in [5.41, 5.74) is 0. The Kier molecular flexibility index (Phi) is 3.52. The third-order valence-electron chi connectivity index (χ3n) is 0.978. The van der Waals surface area contributed by atoms with Crippen LogP contribution in [-0.4, -0.2) is 10.7 Å². The quantitative estimate of drug-likeness (QED) is 0.293. The summed E-state index contributed by atoms with van der Waals surface area (Å²) in [5, 5.41) is 0. The molecule has 1 atom stereocenters. The van der Waals surface area contributed by atoms with Crippen molar-refractivity contribution in [2.24, 2.45) is 0 Å². The fourth-order valence-electron chi connectivity index (χ4n) is 0.596. The number of hydrogen-bond donors (Lipinski definition) is 0. The summed E-state index contributed by atoms with van der Waals surface area (Å²) in [5.74, 6) is 0. The van der Waals surface area contributed by atoms with Crippen molar-refractivity contribution in [2.75, 3.05) is 6.61 Å². The molecule has 0 amide bonds. The standard InChI is InChI=1S/C5H8IO.Rf/c6-5-3-1-2-4-7-5;/h3,5H,1-2,4H2;/q-1;. The number of hydrogen-bond acceptors (Lipinski definition) is 1. The molecule has 8 heavy (non-hydrogen) atoms. The SMILES string of the molecule is IC1[CH-]CCCO1.[Rf]. The first-order valence-electron chi connectivity index (χ1n) is 2.48. The van der Waals surface area contributed by atoms with Crippen LogP contribution in [0.25, 0.3) is 0 Å². The van der Waals surface area contributed by atoms with Gasteiger partial charge in [0, 0.05) is 6.61 Å². The average Bonchev–Trinajstić information content (AvgIpc) is 1.69. The molecule has 1 aliphatic rings. The van der Waals surface area contributed by atoms with Crippen LogP contribution in [0.4, 0.5) is 0 Å². The van der Waals surface area contributed by atoms with Gasteiger partial charge in [0.15, 0.2) is 0 Å². The van der Waals surface area contributed by atoms with E-state index in [0.717, 1.165) is 6.61 Å². The van der Waals surface area contributed by atoms with Gasteiger partial charge in [-0.2, -0.15) is 6.42 Å². The van der Waals surface area contributed by atoms with E-state index in [1.165, 1.54) is 12.8 Å². The molecule has 0 radical (unpaired) electrons. The van der Waals surface area contributed by atoms with Gasteiger partial charge in [0.1, 0.15) is 0 Å². The largest absolute Gasteiger partial charge is 0.400 e. The van der Waals surface area contributed by atoms with E-state index in [2.05, 4.69) is 29.0 Å². The summed E-state index contributed by atoms with van der Waals surface area (Å²) in [4.78, 5) is 0. The predicted molar refractivity (Wildman–Crippen MR) is 37.3 cm³/mol. The maximum Gasteiger partial charge on any atom is 0.0419 e. The molecule has 0 spiro atoms. The number of halogens is 1. The first kappa shape index (κ1) is 7.69. The van der Waals surface area contributed by atoms with Crippen molar-refractivity contribution in [2.45, 2.75) is 17.0 Å². The molecule has 1 heterocycles. The Morgan fingerprint density at radius 2 is 2.38 bits per heavy atom. The van der Waals surface area contributed by atoms with Gasteiger partial charge in [0.25, 0.3) is 0 Å². The van der Waals surface area contributed by atoms with Crippen LogP contribution < -0.4 is 0 Å². The van der Waals surface area contributed by atoms with Gasteiger partial charge in [-0.25, -0.2) is 0 Å². The Labute approximate surface area is 57.6 Å². The van der Waals surface area contributed by atoms with Crippen molar-refractivity contribution in [3.8, 4) is 0 Å². The van der Waals surface area contributed by atoms with Crippen molar-refractivity contribution in [3.05, 3.63) is 6.42 Å². The van der Waals surface area contributed by atoms with Crippen LogP contribution in [0.3, 0.4) is 0 Å². The van der Waals surface area contributed by atoms with Gasteiger partial charge in [-0.3, -0.25) is 6.42 Å². The fourth-order valence-corrected chi connectivity index (χ4v) is 1.21. The third kappa shape index (κ3) is 2.12. The molecular weight excluding hydrogens is 470 g/mol. The summed E-state index contributed by atoms with van der Waals surface area (Å²) in [6.45, 7) is 0.949. The van der Waals surface area contributed by atoms with E-state index in [4.69, 9.17) is 4.74 Å². The minimum atomic E-state index is 0. The zero-order chi connectivity index (χ0) is 5.11. The third-order valence-corrected chi connectivity index (χ3v) is 1.85. The normalized spacial score (nSPS) is 28.9. The molecule has 1 fully saturated rings. The number of alkyl halides is 1. The molecule has 1 saturated heterocycles. The second-order valence-electron chi connectivity index (χ2n) is 1.60. The monoisotopic (exact) mass is 478 g/mol. The van der Waals surface area contributed by atoms with Crippen LogP contribution in [0.2, 0.25) is 0 Å². The van der Waals surface area contributed by atoms with E-state index in [-0.39, 0.29) is 0 Å². The van der Waals surface area contributed by atoms with Gasteiger partial charge >= 0.3 is 0 Å². The van der Waals surface area contributed by atoms with Crippen molar-refractivity contribution >= 4 is 22.6 Å². The van der Waals surface area contributed by atoms with E-state index in [1.807, 2.05) is 0 Å². The molecule has 44 valence electrons.